The van der Waals surface area contributed by atoms with E-state index in [1.165, 1.54) is 10.6 Å². The summed E-state index contributed by atoms with van der Waals surface area (Å²) in [6, 6.07) is 8.44. The normalized spacial score (nSPS) is 15.1. The van der Waals surface area contributed by atoms with Crippen molar-refractivity contribution >= 4 is 38.9 Å². The fourth-order valence-corrected chi connectivity index (χ4v) is 4.35. The van der Waals surface area contributed by atoms with Crippen molar-refractivity contribution in [1.82, 2.24) is 9.55 Å². The number of aromatic nitrogens is 2. The van der Waals surface area contributed by atoms with Crippen LogP contribution in [-0.2, 0) is 6.54 Å². The summed E-state index contributed by atoms with van der Waals surface area (Å²) in [5, 5.41) is 0.794. The van der Waals surface area contributed by atoms with Crippen molar-refractivity contribution in [2.24, 2.45) is 0 Å². The van der Waals surface area contributed by atoms with Crippen LogP contribution in [0.5, 0.6) is 0 Å². The summed E-state index contributed by atoms with van der Waals surface area (Å²) in [5.74, 6) is 0.829. The number of aryl methyl sites for hydroxylation is 2. The molecule has 0 unspecified atom stereocenters. The van der Waals surface area contributed by atoms with Gasteiger partial charge in [-0.25, -0.2) is 4.98 Å². The average Bonchev–Trinajstić information content (AvgIpc) is 3.10. The molecule has 25 heavy (non-hydrogen) atoms. The molecular weight excluding hydrogens is 330 g/mol. The number of fused-ring (bicyclic) bond motifs is 2. The van der Waals surface area contributed by atoms with E-state index >= 15 is 0 Å². The van der Waals surface area contributed by atoms with Crippen LogP contribution < -0.4 is 10.5 Å². The Morgan fingerprint density at radius 1 is 1.20 bits per heavy atom. The minimum Gasteiger partial charge on any atom is -0.378 e. The van der Waals surface area contributed by atoms with Crippen LogP contribution in [0.15, 0.2) is 29.1 Å². The molecule has 0 saturated carbocycles. The van der Waals surface area contributed by atoms with Crippen LogP contribution in [0.2, 0.25) is 0 Å². The van der Waals surface area contributed by atoms with E-state index in [-0.39, 0.29) is 5.56 Å². The Hall–Kier alpha value is -2.40. The third-order valence-corrected chi connectivity index (χ3v) is 6.03. The molecule has 0 saturated heterocycles. The summed E-state index contributed by atoms with van der Waals surface area (Å²) < 4.78 is 1.83. The van der Waals surface area contributed by atoms with E-state index in [1.807, 2.05) is 25.6 Å². The molecule has 0 spiro atoms. The Balaban J connectivity index is 1.81. The van der Waals surface area contributed by atoms with Crippen LogP contribution in [-0.4, -0.2) is 23.6 Å². The highest BCUT2D eigenvalue weighted by atomic mass is 32.1. The Bertz CT molecular complexity index is 1060. The number of thiophene rings is 1. The highest BCUT2D eigenvalue weighted by Crippen LogP contribution is 2.32. The largest absolute Gasteiger partial charge is 0.378 e. The van der Waals surface area contributed by atoms with Gasteiger partial charge in [0.05, 0.1) is 5.39 Å². The van der Waals surface area contributed by atoms with Gasteiger partial charge in [0.1, 0.15) is 10.7 Å². The Morgan fingerprint density at radius 3 is 2.60 bits per heavy atom. The number of anilines is 1. The number of allylic oxidation sites excluding steroid dienone is 1. The van der Waals surface area contributed by atoms with E-state index in [4.69, 9.17) is 4.98 Å². The van der Waals surface area contributed by atoms with Crippen molar-refractivity contribution in [3.8, 4) is 0 Å². The van der Waals surface area contributed by atoms with Crippen molar-refractivity contribution in [3.05, 3.63) is 56.4 Å². The molecule has 0 atom stereocenters. The van der Waals surface area contributed by atoms with Gasteiger partial charge in [-0.15, -0.1) is 11.3 Å². The first-order valence-electron chi connectivity index (χ1n) is 8.44. The summed E-state index contributed by atoms with van der Waals surface area (Å²) in [6.45, 7) is 4.79. The lowest BCUT2D eigenvalue weighted by Crippen LogP contribution is -2.20. The molecule has 0 radical (unpaired) electrons. The van der Waals surface area contributed by atoms with E-state index in [0.29, 0.717) is 6.54 Å². The van der Waals surface area contributed by atoms with Crippen LogP contribution in [0, 0.1) is 13.8 Å². The smallest absolute Gasteiger partial charge is 0.262 e. The Labute approximate surface area is 151 Å². The molecule has 4 nitrogen and oxygen atoms in total. The predicted molar refractivity (Wildman–Crippen MR) is 107 cm³/mol. The van der Waals surface area contributed by atoms with E-state index in [9.17, 15) is 4.79 Å². The zero-order chi connectivity index (χ0) is 17.7. The lowest BCUT2D eigenvalue weighted by molar-refractivity contribution is 0.726. The summed E-state index contributed by atoms with van der Waals surface area (Å²) in [4.78, 5) is 21.8. The summed E-state index contributed by atoms with van der Waals surface area (Å²) in [7, 11) is 4.07. The van der Waals surface area contributed by atoms with Gasteiger partial charge >= 0.3 is 0 Å². The van der Waals surface area contributed by atoms with Gasteiger partial charge in [0.25, 0.3) is 5.56 Å². The molecule has 1 aromatic carbocycles. The lowest BCUT2D eigenvalue weighted by Gasteiger charge is -2.12. The van der Waals surface area contributed by atoms with Gasteiger partial charge in [0.2, 0.25) is 0 Å². The van der Waals surface area contributed by atoms with Crippen LogP contribution in [0.4, 0.5) is 5.69 Å². The van der Waals surface area contributed by atoms with Crippen LogP contribution in [0.25, 0.3) is 21.9 Å². The highest BCUT2D eigenvalue weighted by molar-refractivity contribution is 7.18. The van der Waals surface area contributed by atoms with Crippen LogP contribution in [0.3, 0.4) is 0 Å². The molecule has 4 rings (SSSR count). The maximum absolute atomic E-state index is 12.9. The molecule has 0 fully saturated rings. The van der Waals surface area contributed by atoms with Crippen molar-refractivity contribution < 1.29 is 0 Å². The molecule has 3 heterocycles. The summed E-state index contributed by atoms with van der Waals surface area (Å²) >= 11 is 1.62. The van der Waals surface area contributed by atoms with E-state index < -0.39 is 0 Å². The molecule has 128 valence electrons. The second kappa shape index (κ2) is 5.85. The van der Waals surface area contributed by atoms with Gasteiger partial charge < -0.3 is 4.90 Å². The monoisotopic (exact) mass is 351 g/mol. The molecule has 5 heteroatoms. The van der Waals surface area contributed by atoms with Crippen molar-refractivity contribution in [1.29, 1.82) is 0 Å². The highest BCUT2D eigenvalue weighted by Gasteiger charge is 2.23. The fraction of sp³-hybridized carbons (Fsp3) is 0.300. The van der Waals surface area contributed by atoms with Crippen LogP contribution >= 0.6 is 11.3 Å². The number of rotatable bonds is 2. The fourth-order valence-electron chi connectivity index (χ4n) is 3.33. The maximum Gasteiger partial charge on any atom is 0.262 e. The van der Waals surface area contributed by atoms with Crippen LogP contribution in [0.1, 0.15) is 28.2 Å². The Morgan fingerprint density at radius 2 is 1.92 bits per heavy atom. The second-order valence-corrected chi connectivity index (χ2v) is 7.96. The number of nitrogens with zero attached hydrogens (tertiary/aromatic N) is 3. The standard InChI is InChI=1S/C20H21N3OS/c1-12-13(2)25-19-17(12)20(24)23-10-9-15(18(23)21-19)11-14-5-7-16(8-6-14)22(3)4/h5-8,11H,9-10H2,1-4H3/b15-11+. The maximum atomic E-state index is 12.9. The SMILES string of the molecule is Cc1sc2nc3n(c(=O)c2c1C)CC/C3=C\c1ccc(N(C)C)cc1. The molecular formula is C20H21N3OS. The van der Waals surface area contributed by atoms with Gasteiger partial charge in [-0.1, -0.05) is 12.1 Å². The zero-order valence-corrected chi connectivity index (χ0v) is 15.8. The van der Waals surface area contributed by atoms with Gasteiger partial charge in [0, 0.05) is 31.2 Å². The third kappa shape index (κ3) is 2.59. The predicted octanol–water partition coefficient (Wildman–Crippen LogP) is 4.09. The molecule has 0 N–H and O–H groups in total. The first kappa shape index (κ1) is 16.1. The molecule has 1 aliphatic rings. The van der Waals surface area contributed by atoms with Gasteiger partial charge in [-0.2, -0.15) is 0 Å². The summed E-state index contributed by atoms with van der Waals surface area (Å²) in [6.07, 6.45) is 3.01. The van der Waals surface area contributed by atoms with E-state index in [1.54, 1.807) is 11.3 Å². The average molecular weight is 351 g/mol. The van der Waals surface area contributed by atoms with E-state index in [0.717, 1.165) is 39.2 Å². The number of hydrogen-bond acceptors (Lipinski definition) is 4. The Kier molecular flexibility index (Phi) is 3.76. The minimum absolute atomic E-state index is 0.105. The summed E-state index contributed by atoms with van der Waals surface area (Å²) in [5.41, 5.74) is 4.63. The third-order valence-electron chi connectivity index (χ3n) is 4.93. The molecule has 0 aliphatic carbocycles. The molecule has 3 aromatic rings. The second-order valence-electron chi connectivity index (χ2n) is 6.76. The molecule has 0 bridgehead atoms. The van der Waals surface area contributed by atoms with Crippen molar-refractivity contribution in [2.75, 3.05) is 19.0 Å². The number of hydrogen-bond donors (Lipinski definition) is 0. The topological polar surface area (TPSA) is 38.1 Å². The first-order valence-corrected chi connectivity index (χ1v) is 9.26. The van der Waals surface area contributed by atoms with Crippen molar-refractivity contribution in [2.45, 2.75) is 26.8 Å². The number of benzene rings is 1. The quantitative estimate of drug-likeness (QED) is 0.698. The zero-order valence-electron chi connectivity index (χ0n) is 15.0. The van der Waals surface area contributed by atoms with E-state index in [2.05, 4.69) is 42.2 Å². The van der Waals surface area contributed by atoms with Crippen molar-refractivity contribution in [3.63, 3.8) is 0 Å². The van der Waals surface area contributed by atoms with Gasteiger partial charge in [-0.3, -0.25) is 9.36 Å². The molecule has 1 aliphatic heterocycles. The molecule has 2 aromatic heterocycles. The molecule has 0 amide bonds. The first-order chi connectivity index (χ1) is 12.0. The minimum atomic E-state index is 0.105. The lowest BCUT2D eigenvalue weighted by atomic mass is 10.1. The van der Waals surface area contributed by atoms with Gasteiger partial charge in [-0.05, 0) is 55.2 Å². The van der Waals surface area contributed by atoms with Gasteiger partial charge in [0.15, 0.2) is 0 Å².